The molecule has 1 aromatic carbocycles. The zero-order valence-corrected chi connectivity index (χ0v) is 13.5. The number of hydrogen-bond donors (Lipinski definition) is 1. The second-order valence-electron chi connectivity index (χ2n) is 3.66. The number of para-hydroxylation sites is 1. The second-order valence-corrected chi connectivity index (χ2v) is 3.66. The van der Waals surface area contributed by atoms with Crippen LogP contribution in [0.25, 0.3) is 0 Å². The van der Waals surface area contributed by atoms with E-state index in [1.165, 1.54) is 0 Å². The standard InChI is InChI=1S/C13H21N3O.HI/c1-4-15-13(14-2)16(3)10-11-17-12-8-6-5-7-9-12;/h5-9H,4,10-11H2,1-3H3,(H,14,15);1H. The highest BCUT2D eigenvalue weighted by molar-refractivity contribution is 14.0. The third kappa shape index (κ3) is 6.09. The van der Waals surface area contributed by atoms with Crippen molar-refractivity contribution in [1.82, 2.24) is 10.2 Å². The Bertz CT molecular complexity index is 343. The molecule has 0 radical (unpaired) electrons. The molecule has 1 N–H and O–H groups in total. The predicted molar refractivity (Wildman–Crippen MR) is 87.0 cm³/mol. The van der Waals surface area contributed by atoms with Crippen LogP contribution in [-0.4, -0.2) is 44.7 Å². The molecular weight excluding hydrogens is 341 g/mol. The largest absolute Gasteiger partial charge is 0.492 e. The molecule has 1 aromatic rings. The van der Waals surface area contributed by atoms with E-state index in [0.29, 0.717) is 6.61 Å². The summed E-state index contributed by atoms with van der Waals surface area (Å²) in [7, 11) is 3.78. The number of nitrogens with zero attached hydrogens (tertiary/aromatic N) is 2. The van der Waals surface area contributed by atoms with Crippen LogP contribution in [0, 0.1) is 0 Å². The van der Waals surface area contributed by atoms with Crippen LogP contribution < -0.4 is 10.1 Å². The van der Waals surface area contributed by atoms with Crippen LogP contribution >= 0.6 is 24.0 Å². The Labute approximate surface area is 126 Å². The number of ether oxygens (including phenoxy) is 1. The average Bonchev–Trinajstić information content (AvgIpc) is 2.37. The third-order valence-corrected chi connectivity index (χ3v) is 2.35. The maximum absolute atomic E-state index is 5.63. The van der Waals surface area contributed by atoms with Crippen LogP contribution in [0.3, 0.4) is 0 Å². The maximum Gasteiger partial charge on any atom is 0.193 e. The fraction of sp³-hybridized carbons (Fsp3) is 0.462. The molecule has 18 heavy (non-hydrogen) atoms. The lowest BCUT2D eigenvalue weighted by Crippen LogP contribution is -2.40. The molecule has 102 valence electrons. The zero-order chi connectivity index (χ0) is 12.5. The molecule has 0 atom stereocenters. The van der Waals surface area contributed by atoms with Gasteiger partial charge in [0.25, 0.3) is 0 Å². The first-order valence-electron chi connectivity index (χ1n) is 5.87. The fourth-order valence-corrected chi connectivity index (χ4v) is 1.47. The number of halogens is 1. The van der Waals surface area contributed by atoms with Crippen LogP contribution in [0.4, 0.5) is 0 Å². The van der Waals surface area contributed by atoms with E-state index in [9.17, 15) is 0 Å². The molecule has 0 amide bonds. The van der Waals surface area contributed by atoms with Crippen LogP contribution in [0.2, 0.25) is 0 Å². The summed E-state index contributed by atoms with van der Waals surface area (Å²) in [6.07, 6.45) is 0. The van der Waals surface area contributed by atoms with Gasteiger partial charge in [-0.05, 0) is 19.1 Å². The first-order valence-corrected chi connectivity index (χ1v) is 5.87. The van der Waals surface area contributed by atoms with Gasteiger partial charge in [0.2, 0.25) is 0 Å². The molecule has 0 heterocycles. The summed E-state index contributed by atoms with van der Waals surface area (Å²) in [6, 6.07) is 9.83. The lowest BCUT2D eigenvalue weighted by molar-refractivity contribution is 0.281. The molecule has 0 spiro atoms. The van der Waals surface area contributed by atoms with E-state index in [1.807, 2.05) is 42.3 Å². The third-order valence-electron chi connectivity index (χ3n) is 2.35. The van der Waals surface area contributed by atoms with Gasteiger partial charge in [0.15, 0.2) is 5.96 Å². The van der Waals surface area contributed by atoms with E-state index in [2.05, 4.69) is 17.2 Å². The van der Waals surface area contributed by atoms with Gasteiger partial charge in [-0.15, -0.1) is 24.0 Å². The summed E-state index contributed by atoms with van der Waals surface area (Å²) in [4.78, 5) is 6.23. The first-order chi connectivity index (χ1) is 8.27. The van der Waals surface area contributed by atoms with Crippen molar-refractivity contribution < 1.29 is 4.74 Å². The Balaban J connectivity index is 0.00000289. The molecule has 5 heteroatoms. The van der Waals surface area contributed by atoms with Gasteiger partial charge >= 0.3 is 0 Å². The molecule has 0 aromatic heterocycles. The molecule has 0 aliphatic rings. The molecule has 4 nitrogen and oxygen atoms in total. The quantitative estimate of drug-likeness (QED) is 0.495. The van der Waals surface area contributed by atoms with Crippen LogP contribution in [0.5, 0.6) is 5.75 Å². The minimum absolute atomic E-state index is 0. The van der Waals surface area contributed by atoms with E-state index in [0.717, 1.165) is 24.8 Å². The van der Waals surface area contributed by atoms with Crippen molar-refractivity contribution in [2.24, 2.45) is 4.99 Å². The minimum atomic E-state index is 0. The Morgan fingerprint density at radius 1 is 1.33 bits per heavy atom. The molecule has 0 bridgehead atoms. The molecular formula is C13H22IN3O. The van der Waals surface area contributed by atoms with Crippen molar-refractivity contribution in [3.63, 3.8) is 0 Å². The maximum atomic E-state index is 5.63. The van der Waals surface area contributed by atoms with Gasteiger partial charge < -0.3 is 15.0 Å². The highest BCUT2D eigenvalue weighted by Gasteiger charge is 2.03. The lowest BCUT2D eigenvalue weighted by atomic mass is 10.3. The summed E-state index contributed by atoms with van der Waals surface area (Å²) in [5.74, 6) is 1.79. The smallest absolute Gasteiger partial charge is 0.193 e. The van der Waals surface area contributed by atoms with Crippen molar-refractivity contribution in [2.75, 3.05) is 33.8 Å². The molecule has 0 saturated heterocycles. The zero-order valence-electron chi connectivity index (χ0n) is 11.2. The number of hydrogen-bond acceptors (Lipinski definition) is 2. The average molecular weight is 363 g/mol. The van der Waals surface area contributed by atoms with Gasteiger partial charge in [-0.25, -0.2) is 0 Å². The van der Waals surface area contributed by atoms with E-state index >= 15 is 0 Å². The van der Waals surface area contributed by atoms with Crippen molar-refractivity contribution in [3.8, 4) is 5.75 Å². The van der Waals surface area contributed by atoms with Gasteiger partial charge in [0, 0.05) is 20.6 Å². The monoisotopic (exact) mass is 363 g/mol. The van der Waals surface area contributed by atoms with Crippen molar-refractivity contribution in [1.29, 1.82) is 0 Å². The number of benzene rings is 1. The summed E-state index contributed by atoms with van der Waals surface area (Å²) in [5.41, 5.74) is 0. The number of likely N-dealkylation sites (N-methyl/N-ethyl adjacent to an activating group) is 1. The van der Waals surface area contributed by atoms with Crippen LogP contribution in [0.1, 0.15) is 6.92 Å². The van der Waals surface area contributed by atoms with Gasteiger partial charge in [0.1, 0.15) is 12.4 Å². The van der Waals surface area contributed by atoms with E-state index in [-0.39, 0.29) is 24.0 Å². The SMILES string of the molecule is CCNC(=NC)N(C)CCOc1ccccc1.I. The number of rotatable bonds is 5. The Hall–Kier alpha value is -0.980. The number of guanidine groups is 1. The van der Waals surface area contributed by atoms with Crippen molar-refractivity contribution in [2.45, 2.75) is 6.92 Å². The number of nitrogens with one attached hydrogen (secondary N) is 1. The highest BCUT2D eigenvalue weighted by Crippen LogP contribution is 2.07. The first kappa shape index (κ1) is 17.0. The van der Waals surface area contributed by atoms with E-state index in [1.54, 1.807) is 7.05 Å². The molecule has 0 aliphatic carbocycles. The molecule has 1 rings (SSSR count). The Morgan fingerprint density at radius 2 is 2.00 bits per heavy atom. The molecule has 0 unspecified atom stereocenters. The normalized spacial score (nSPS) is 10.5. The van der Waals surface area contributed by atoms with Gasteiger partial charge in [-0.1, -0.05) is 18.2 Å². The summed E-state index contributed by atoms with van der Waals surface area (Å²) in [6.45, 7) is 4.37. The molecule has 0 aliphatic heterocycles. The summed E-state index contributed by atoms with van der Waals surface area (Å²) < 4.78 is 5.63. The van der Waals surface area contributed by atoms with E-state index in [4.69, 9.17) is 4.74 Å². The van der Waals surface area contributed by atoms with Gasteiger partial charge in [-0.2, -0.15) is 0 Å². The van der Waals surface area contributed by atoms with E-state index < -0.39 is 0 Å². The second kappa shape index (κ2) is 9.99. The predicted octanol–water partition coefficient (Wildman–Crippen LogP) is 2.21. The Kier molecular flexibility index (Phi) is 9.45. The highest BCUT2D eigenvalue weighted by atomic mass is 127. The van der Waals surface area contributed by atoms with Crippen LogP contribution in [0.15, 0.2) is 35.3 Å². The molecule has 0 fully saturated rings. The minimum Gasteiger partial charge on any atom is -0.492 e. The lowest BCUT2D eigenvalue weighted by Gasteiger charge is -2.21. The van der Waals surface area contributed by atoms with Gasteiger partial charge in [0.05, 0.1) is 6.54 Å². The Morgan fingerprint density at radius 3 is 2.56 bits per heavy atom. The van der Waals surface area contributed by atoms with Crippen molar-refractivity contribution >= 4 is 29.9 Å². The van der Waals surface area contributed by atoms with Crippen LogP contribution in [-0.2, 0) is 0 Å². The van der Waals surface area contributed by atoms with Gasteiger partial charge in [-0.3, -0.25) is 4.99 Å². The molecule has 0 saturated carbocycles. The van der Waals surface area contributed by atoms with Crippen molar-refractivity contribution in [3.05, 3.63) is 30.3 Å². The summed E-state index contributed by atoms with van der Waals surface area (Å²) >= 11 is 0. The fourth-order valence-electron chi connectivity index (χ4n) is 1.47. The topological polar surface area (TPSA) is 36.9 Å². The number of aliphatic imine (C=N–C) groups is 1. The summed E-state index contributed by atoms with van der Waals surface area (Å²) in [5, 5.41) is 3.20.